The summed E-state index contributed by atoms with van der Waals surface area (Å²) >= 11 is 0. The zero-order valence-corrected chi connectivity index (χ0v) is 17.6. The number of carbonyl (C=O) groups is 1. The number of benzene rings is 2. The number of anilines is 2. The summed E-state index contributed by atoms with van der Waals surface area (Å²) in [7, 11) is -4.89. The topological polar surface area (TPSA) is 119 Å². The number of nitrogens with zero attached hydrogens (tertiary/aromatic N) is 1. The monoisotopic (exact) mass is 440 g/mol. The largest absolute Gasteiger partial charge is 0.497 e. The van der Waals surface area contributed by atoms with Gasteiger partial charge in [-0.15, -0.1) is 0 Å². The van der Waals surface area contributed by atoms with Crippen LogP contribution in [0.3, 0.4) is 0 Å². The molecule has 0 spiro atoms. The van der Waals surface area contributed by atoms with Crippen molar-refractivity contribution in [3.8, 4) is 11.5 Å². The lowest BCUT2D eigenvalue weighted by Crippen LogP contribution is -2.29. The minimum atomic E-state index is -4.02. The zero-order valence-electron chi connectivity index (χ0n) is 16.0. The number of hydrogen-bond acceptors (Lipinski definition) is 7. The molecule has 1 saturated heterocycles. The molecule has 0 aromatic heterocycles. The predicted molar refractivity (Wildman–Crippen MR) is 107 cm³/mol. The Bertz CT molecular complexity index is 1170. The van der Waals surface area contributed by atoms with Crippen LogP contribution in [-0.2, 0) is 24.8 Å². The van der Waals surface area contributed by atoms with Crippen LogP contribution in [0.5, 0.6) is 11.5 Å². The fourth-order valence-corrected chi connectivity index (χ4v) is 5.76. The summed E-state index contributed by atoms with van der Waals surface area (Å²) in [4.78, 5) is 11.9. The fraction of sp³-hybridized carbons (Fsp3) is 0.278. The summed E-state index contributed by atoms with van der Waals surface area (Å²) in [6, 6.07) is 8.60. The maximum absolute atomic E-state index is 12.9. The Morgan fingerprint density at radius 3 is 2.34 bits per heavy atom. The molecule has 9 nitrogen and oxygen atoms in total. The summed E-state index contributed by atoms with van der Waals surface area (Å²) in [5, 5.41) is 0. The lowest BCUT2D eigenvalue weighted by atomic mass is 10.2. The molecule has 1 amide bonds. The molecule has 1 fully saturated rings. The van der Waals surface area contributed by atoms with Crippen molar-refractivity contribution in [1.82, 2.24) is 0 Å². The van der Waals surface area contributed by atoms with Crippen LogP contribution in [0.1, 0.15) is 12.0 Å². The van der Waals surface area contributed by atoms with Crippen molar-refractivity contribution >= 4 is 37.3 Å². The van der Waals surface area contributed by atoms with Crippen LogP contribution < -0.4 is 18.5 Å². The Morgan fingerprint density at radius 2 is 1.79 bits per heavy atom. The minimum Gasteiger partial charge on any atom is -0.497 e. The quantitative estimate of drug-likeness (QED) is 0.728. The molecule has 0 saturated carbocycles. The van der Waals surface area contributed by atoms with Crippen LogP contribution in [0, 0.1) is 6.92 Å². The zero-order chi connectivity index (χ0) is 21.4. The summed E-state index contributed by atoms with van der Waals surface area (Å²) in [5.74, 6) is -0.0627. The van der Waals surface area contributed by atoms with Crippen LogP contribution in [0.2, 0.25) is 0 Å². The number of rotatable bonds is 6. The van der Waals surface area contributed by atoms with Crippen LogP contribution in [0.25, 0.3) is 0 Å². The van der Waals surface area contributed by atoms with Crippen LogP contribution in [0.4, 0.5) is 11.4 Å². The van der Waals surface area contributed by atoms with Crippen molar-refractivity contribution < 1.29 is 31.1 Å². The molecule has 3 rings (SSSR count). The van der Waals surface area contributed by atoms with Gasteiger partial charge in [0, 0.05) is 12.5 Å². The van der Waals surface area contributed by atoms with Crippen molar-refractivity contribution in [3.05, 3.63) is 42.0 Å². The average molecular weight is 440 g/mol. The van der Waals surface area contributed by atoms with E-state index in [1.807, 2.05) is 0 Å². The number of sulfonamides is 2. The molecule has 2 aromatic carbocycles. The highest BCUT2D eigenvalue weighted by Gasteiger charge is 2.36. The highest BCUT2D eigenvalue weighted by molar-refractivity contribution is 7.94. The van der Waals surface area contributed by atoms with Crippen molar-refractivity contribution in [3.63, 3.8) is 0 Å². The molecular formula is C18H20N2O7S2. The van der Waals surface area contributed by atoms with E-state index in [0.29, 0.717) is 11.5 Å². The standard InChI is InChI=1S/C18H20N2O7S2/c1-12-10-13(20-18(21)8-9-28(20,22)23)4-7-17(12)29(24,25)19-15-11-14(26-2)5-6-16(15)27-3/h4-7,10-11,19H,8-9H2,1-3H3. The number of nitrogens with one attached hydrogen (secondary N) is 1. The number of methoxy groups -OCH3 is 2. The molecule has 0 bridgehead atoms. The van der Waals surface area contributed by atoms with Gasteiger partial charge in [0.1, 0.15) is 11.5 Å². The Morgan fingerprint density at radius 1 is 1.07 bits per heavy atom. The van der Waals surface area contributed by atoms with Gasteiger partial charge in [-0.05, 0) is 42.8 Å². The van der Waals surface area contributed by atoms with Gasteiger partial charge in [-0.2, -0.15) is 0 Å². The number of amides is 1. The molecule has 156 valence electrons. The summed E-state index contributed by atoms with van der Waals surface area (Å²) in [6.07, 6.45) is -0.0986. The van der Waals surface area contributed by atoms with Crippen LogP contribution in [-0.4, -0.2) is 42.7 Å². The van der Waals surface area contributed by atoms with E-state index in [1.54, 1.807) is 12.1 Å². The molecule has 0 radical (unpaired) electrons. The predicted octanol–water partition coefficient (Wildman–Crippen LogP) is 1.88. The Balaban J connectivity index is 1.98. The second kappa shape index (κ2) is 7.56. The number of hydrogen-bond donors (Lipinski definition) is 1. The van der Waals surface area contributed by atoms with E-state index >= 15 is 0 Å². The third kappa shape index (κ3) is 4.01. The van der Waals surface area contributed by atoms with E-state index in [-0.39, 0.29) is 34.0 Å². The van der Waals surface area contributed by atoms with Crippen molar-refractivity contribution in [1.29, 1.82) is 0 Å². The number of aryl methyl sites for hydroxylation is 1. The van der Waals surface area contributed by atoms with Gasteiger partial charge in [0.25, 0.3) is 10.0 Å². The van der Waals surface area contributed by atoms with E-state index in [2.05, 4.69) is 4.72 Å². The van der Waals surface area contributed by atoms with Gasteiger partial charge in [0.15, 0.2) is 0 Å². The fourth-order valence-electron chi connectivity index (χ4n) is 3.02. The average Bonchev–Trinajstić information content (AvgIpc) is 2.93. The lowest BCUT2D eigenvalue weighted by Gasteiger charge is -2.18. The highest BCUT2D eigenvalue weighted by atomic mass is 32.2. The van der Waals surface area contributed by atoms with Crippen molar-refractivity contribution in [2.75, 3.05) is 29.0 Å². The molecule has 11 heteroatoms. The van der Waals surface area contributed by atoms with Crippen molar-refractivity contribution in [2.24, 2.45) is 0 Å². The van der Waals surface area contributed by atoms with E-state index in [1.165, 1.54) is 45.4 Å². The Kier molecular flexibility index (Phi) is 5.46. The van der Waals surface area contributed by atoms with E-state index < -0.39 is 26.0 Å². The first-order valence-corrected chi connectivity index (χ1v) is 11.6. The number of ether oxygens (including phenoxy) is 2. The highest BCUT2D eigenvalue weighted by Crippen LogP contribution is 2.33. The molecule has 0 aliphatic carbocycles. The lowest BCUT2D eigenvalue weighted by molar-refractivity contribution is -0.116. The first-order valence-electron chi connectivity index (χ1n) is 8.50. The molecule has 1 aliphatic heterocycles. The summed E-state index contributed by atoms with van der Waals surface area (Å²) < 4.78 is 63.5. The number of carbonyl (C=O) groups excluding carboxylic acids is 1. The van der Waals surface area contributed by atoms with Gasteiger partial charge in [-0.1, -0.05) is 0 Å². The molecule has 29 heavy (non-hydrogen) atoms. The maximum Gasteiger partial charge on any atom is 0.262 e. The molecule has 1 N–H and O–H groups in total. The summed E-state index contributed by atoms with van der Waals surface area (Å²) in [6.45, 7) is 1.52. The molecule has 0 atom stereocenters. The third-order valence-corrected chi connectivity index (χ3v) is 7.63. The molecule has 1 heterocycles. The van der Waals surface area contributed by atoms with Crippen LogP contribution >= 0.6 is 0 Å². The molecule has 1 aliphatic rings. The smallest absolute Gasteiger partial charge is 0.262 e. The third-order valence-electron chi connectivity index (χ3n) is 4.41. The first-order chi connectivity index (χ1) is 13.6. The second-order valence-electron chi connectivity index (χ2n) is 6.35. The van der Waals surface area contributed by atoms with Gasteiger partial charge >= 0.3 is 0 Å². The van der Waals surface area contributed by atoms with Gasteiger partial charge in [-0.25, -0.2) is 21.1 Å². The van der Waals surface area contributed by atoms with E-state index in [4.69, 9.17) is 9.47 Å². The maximum atomic E-state index is 12.9. The van der Waals surface area contributed by atoms with Gasteiger partial charge < -0.3 is 9.47 Å². The Labute approximate surface area is 169 Å². The van der Waals surface area contributed by atoms with Crippen molar-refractivity contribution in [2.45, 2.75) is 18.2 Å². The minimum absolute atomic E-state index is 0.0600. The summed E-state index contributed by atoms with van der Waals surface area (Å²) in [5.41, 5.74) is 0.585. The molecular weight excluding hydrogens is 420 g/mol. The normalized spacial score (nSPS) is 16.0. The van der Waals surface area contributed by atoms with E-state index in [0.717, 1.165) is 4.31 Å². The van der Waals surface area contributed by atoms with E-state index in [9.17, 15) is 21.6 Å². The van der Waals surface area contributed by atoms with Crippen LogP contribution in [0.15, 0.2) is 41.3 Å². The molecule has 0 unspecified atom stereocenters. The van der Waals surface area contributed by atoms with Gasteiger partial charge in [0.2, 0.25) is 15.9 Å². The first kappa shape index (κ1) is 20.9. The second-order valence-corrected chi connectivity index (χ2v) is 9.93. The van der Waals surface area contributed by atoms with Gasteiger partial charge in [-0.3, -0.25) is 9.52 Å². The molecule has 2 aromatic rings. The van der Waals surface area contributed by atoms with Gasteiger partial charge in [0.05, 0.1) is 36.2 Å². The SMILES string of the molecule is COc1ccc(OC)c(NS(=O)(=O)c2ccc(N3C(=O)CCS3(=O)=O)cc2C)c1. The Hall–Kier alpha value is -2.79.